The van der Waals surface area contributed by atoms with E-state index in [1.807, 2.05) is 26.0 Å². The van der Waals surface area contributed by atoms with E-state index in [1.54, 1.807) is 112 Å². The monoisotopic (exact) mass is 1070 g/mol. The summed E-state index contributed by atoms with van der Waals surface area (Å²) < 4.78 is 64.4. The van der Waals surface area contributed by atoms with E-state index in [-0.39, 0.29) is 37.1 Å². The number of carbonyl (C=O) groups excluding carboxylic acids is 2. The number of carboxylic acids is 2. The van der Waals surface area contributed by atoms with Crippen molar-refractivity contribution in [2.45, 2.75) is 105 Å². The van der Waals surface area contributed by atoms with Crippen LogP contribution in [0.3, 0.4) is 0 Å². The van der Waals surface area contributed by atoms with Crippen molar-refractivity contribution >= 4 is 72.9 Å². The quantitative estimate of drug-likeness (QED) is 0.0242. The predicted octanol–water partition coefficient (Wildman–Crippen LogP) is 5.66. The zero-order valence-corrected chi connectivity index (χ0v) is 43.7. The van der Waals surface area contributed by atoms with E-state index in [9.17, 15) is 28.3 Å². The Kier molecular flexibility index (Phi) is 22.6. The van der Waals surface area contributed by atoms with Gasteiger partial charge in [0.1, 0.15) is 60.0 Å². The van der Waals surface area contributed by atoms with E-state index >= 15 is 0 Å². The maximum absolute atomic E-state index is 13.6. The summed E-state index contributed by atoms with van der Waals surface area (Å²) in [7, 11) is -7.28. The molecule has 4 heterocycles. The Balaban J connectivity index is 0.000000279. The van der Waals surface area contributed by atoms with E-state index in [0.717, 1.165) is 0 Å². The lowest BCUT2D eigenvalue weighted by Gasteiger charge is -2.25. The topological polar surface area (TPSA) is 362 Å². The summed E-state index contributed by atoms with van der Waals surface area (Å²) in [5.41, 5.74) is 13.8. The third-order valence-electron chi connectivity index (χ3n) is 9.38. The Bertz CT molecular complexity index is 2710. The van der Waals surface area contributed by atoms with Crippen molar-refractivity contribution in [1.29, 1.82) is 0 Å². The van der Waals surface area contributed by atoms with Gasteiger partial charge in [-0.1, -0.05) is 36.4 Å². The molecule has 0 saturated carbocycles. The molecule has 2 aromatic carbocycles. The first-order valence-corrected chi connectivity index (χ1v) is 26.4. The molecule has 0 radical (unpaired) electrons. The molecule has 0 saturated heterocycles. The van der Waals surface area contributed by atoms with E-state index in [1.165, 1.54) is 12.7 Å². The maximum atomic E-state index is 13.6. The second kappa shape index (κ2) is 28.2. The van der Waals surface area contributed by atoms with Gasteiger partial charge in [0, 0.05) is 12.2 Å². The van der Waals surface area contributed by atoms with Crippen LogP contribution in [-0.2, 0) is 60.3 Å². The number of nitrogens with two attached hydrogens (primary N) is 2. The summed E-state index contributed by atoms with van der Waals surface area (Å²) in [6.07, 6.45) is 5.14. The first-order chi connectivity index (χ1) is 35.0. The maximum Gasteiger partial charge on any atom is 0.342 e. The van der Waals surface area contributed by atoms with Gasteiger partial charge < -0.3 is 58.8 Å². The molecule has 28 heteroatoms. The zero-order valence-electron chi connectivity index (χ0n) is 42.0. The van der Waals surface area contributed by atoms with E-state index in [2.05, 4.69) is 40.1 Å². The van der Waals surface area contributed by atoms with Gasteiger partial charge in [0.2, 0.25) is 0 Å². The summed E-state index contributed by atoms with van der Waals surface area (Å²) in [5, 5.41) is 21.2. The van der Waals surface area contributed by atoms with Crippen LogP contribution >= 0.6 is 15.0 Å². The molecule has 0 aliphatic carbocycles. The Morgan fingerprint density at radius 2 is 0.932 bits per heavy atom. The summed E-state index contributed by atoms with van der Waals surface area (Å²) >= 11 is 0. The number of carboxylic acid groups (broad SMARTS) is 2. The molecular formula is C46H62N12O14P2. The number of nitrogen functional groups attached to an aromatic ring is 2. The van der Waals surface area contributed by atoms with Crippen molar-refractivity contribution in [1.82, 2.24) is 49.2 Å². The first-order valence-electron chi connectivity index (χ1n) is 22.8. The fraction of sp³-hybridized carbons (Fsp3) is 0.391. The third-order valence-corrected chi connectivity index (χ3v) is 12.9. The molecule has 0 amide bonds. The van der Waals surface area contributed by atoms with Crippen molar-refractivity contribution in [3.63, 3.8) is 0 Å². The van der Waals surface area contributed by atoms with Crippen LogP contribution in [0.25, 0.3) is 22.3 Å². The molecule has 6 aromatic rings. The molecule has 0 fully saturated rings. The Labute approximate surface area is 426 Å². The van der Waals surface area contributed by atoms with Crippen molar-refractivity contribution in [3.05, 3.63) is 98.1 Å². The number of aliphatic carboxylic acids is 2. The van der Waals surface area contributed by atoms with Crippen LogP contribution in [0.4, 0.5) is 11.6 Å². The minimum Gasteiger partial charge on any atom is -0.478 e. The molecule has 6 atom stereocenters. The van der Waals surface area contributed by atoms with Gasteiger partial charge in [0.25, 0.3) is 0 Å². The molecule has 0 bridgehead atoms. The van der Waals surface area contributed by atoms with Crippen LogP contribution in [0.1, 0.15) is 55.4 Å². The predicted molar refractivity (Wildman–Crippen MR) is 272 cm³/mol. The van der Waals surface area contributed by atoms with Crippen LogP contribution in [-0.4, -0.2) is 122 Å². The summed E-state index contributed by atoms with van der Waals surface area (Å²) in [5.74, 6) is -2.21. The van der Waals surface area contributed by atoms with E-state index < -0.39 is 51.0 Å². The number of imidazole rings is 2. The molecule has 0 aliphatic rings. The first kappa shape index (κ1) is 59.2. The lowest BCUT2D eigenvalue weighted by molar-refractivity contribution is -0.149. The van der Waals surface area contributed by atoms with Gasteiger partial charge in [-0.05, 0) is 79.7 Å². The molecule has 26 nitrogen and oxygen atoms in total. The highest BCUT2D eigenvalue weighted by molar-refractivity contribution is 7.57. The highest BCUT2D eigenvalue weighted by Crippen LogP contribution is 2.45. The van der Waals surface area contributed by atoms with Crippen molar-refractivity contribution in [2.24, 2.45) is 0 Å². The number of rotatable bonds is 24. The average molecular weight is 1070 g/mol. The lowest BCUT2D eigenvalue weighted by atomic mass is 10.3. The average Bonchev–Trinajstić information content (AvgIpc) is 3.95. The van der Waals surface area contributed by atoms with Crippen LogP contribution in [0.2, 0.25) is 0 Å². The third kappa shape index (κ3) is 19.6. The Morgan fingerprint density at radius 3 is 1.26 bits per heavy atom. The zero-order chi connectivity index (χ0) is 54.6. The van der Waals surface area contributed by atoms with Crippen molar-refractivity contribution in [3.8, 4) is 11.5 Å². The SMILES string of the molecule is CC(C)OC(=O)[C@H](C)N[P@](=O)(CO[C@H](C)Cn1cnc2c(N)ncnc21)Oc1ccccc1.CC(C)OC(=O)[C@H](C)N[P@](=O)(CO[C@H](C)Cn1cnc2c(N)ncnc21)Oc1ccccc1.O=C(O)C=CC(=O)O. The minimum atomic E-state index is -3.64. The molecule has 0 unspecified atom stereocenters. The van der Waals surface area contributed by atoms with Crippen molar-refractivity contribution in [2.75, 3.05) is 24.2 Å². The normalized spacial score (nSPS) is 14.6. The molecule has 8 N–H and O–H groups in total. The fourth-order valence-corrected chi connectivity index (χ4v) is 9.74. The lowest BCUT2D eigenvalue weighted by Crippen LogP contribution is -2.37. The minimum absolute atomic E-state index is 0.272. The van der Waals surface area contributed by atoms with E-state index in [4.69, 9.17) is 49.7 Å². The number of esters is 2. The standard InChI is InChI=1S/2C21H29N6O5P.C4H4O4/c2*1-14(2)31-21(28)16(4)26-33(29,32-17-8-6-5-7-9-17)13-30-15(3)10-27-12-25-18-19(22)23-11-24-20(18)27;5-3(6)1-2-4(7)8/h2*5-9,11-12,14-16H,10,13H2,1-4H3,(H,26,29)(H2,22,23,24);1-2H,(H,5,6)(H,7,8)/t2*15-,16+,33+;/m11./s1. The van der Waals surface area contributed by atoms with E-state index in [0.29, 0.717) is 70.7 Å². The number of nitrogens with zero attached hydrogens (tertiary/aromatic N) is 8. The second-order valence-electron chi connectivity index (χ2n) is 16.7. The molecule has 400 valence electrons. The Morgan fingerprint density at radius 1 is 0.581 bits per heavy atom. The van der Waals surface area contributed by atoms with Gasteiger partial charge in [-0.3, -0.25) is 18.7 Å². The number of nitrogens with one attached hydrogen (secondary N) is 2. The summed E-state index contributed by atoms with van der Waals surface area (Å²) in [6, 6.07) is 15.7. The van der Waals surface area contributed by atoms with Crippen molar-refractivity contribution < 1.29 is 66.5 Å². The van der Waals surface area contributed by atoms with Gasteiger partial charge in [0.05, 0.1) is 50.2 Å². The molecular weight excluding hydrogens is 1010 g/mol. The van der Waals surface area contributed by atoms with Crippen LogP contribution in [0.5, 0.6) is 11.5 Å². The number of carbonyl (C=O) groups is 4. The van der Waals surface area contributed by atoms with Gasteiger partial charge >= 0.3 is 38.9 Å². The number of fused-ring (bicyclic) bond motifs is 2. The highest BCUT2D eigenvalue weighted by atomic mass is 31.2. The number of ether oxygens (including phenoxy) is 4. The largest absolute Gasteiger partial charge is 0.478 e. The number of anilines is 2. The number of benzene rings is 2. The number of hydrogen-bond donors (Lipinski definition) is 6. The molecule has 6 rings (SSSR count). The summed E-state index contributed by atoms with van der Waals surface area (Å²) in [4.78, 5) is 68.4. The number of hydrogen-bond acceptors (Lipinski definition) is 20. The number of aromatic nitrogens is 8. The molecule has 74 heavy (non-hydrogen) atoms. The highest BCUT2D eigenvalue weighted by Gasteiger charge is 2.33. The molecule has 0 spiro atoms. The van der Waals surface area contributed by atoms with Gasteiger partial charge in [-0.2, -0.15) is 0 Å². The fourth-order valence-electron chi connectivity index (χ4n) is 6.16. The van der Waals surface area contributed by atoms with Crippen LogP contribution in [0, 0.1) is 0 Å². The second-order valence-corrected chi connectivity index (χ2v) is 20.8. The van der Waals surface area contributed by atoms with Gasteiger partial charge in [0.15, 0.2) is 22.9 Å². The number of para-hydroxylation sites is 2. The molecule has 0 aliphatic heterocycles. The van der Waals surface area contributed by atoms with Crippen LogP contribution < -0.4 is 30.7 Å². The van der Waals surface area contributed by atoms with Gasteiger partial charge in [-0.25, -0.2) is 49.7 Å². The van der Waals surface area contributed by atoms with Gasteiger partial charge in [-0.15, -0.1) is 0 Å². The van der Waals surface area contributed by atoms with Crippen LogP contribution in [0.15, 0.2) is 98.1 Å². The Hall–Kier alpha value is -7.34. The molecule has 4 aromatic heterocycles. The summed E-state index contributed by atoms with van der Waals surface area (Å²) in [6.45, 7) is 14.5. The smallest absolute Gasteiger partial charge is 0.342 e.